The lowest BCUT2D eigenvalue weighted by molar-refractivity contribution is 1.38. The maximum absolute atomic E-state index is 5.13. The first-order valence-electron chi connectivity index (χ1n) is 1.82. The van der Waals surface area contributed by atoms with E-state index >= 15 is 0 Å². The lowest BCUT2D eigenvalue weighted by Gasteiger charge is -1.74. The van der Waals surface area contributed by atoms with Crippen LogP contribution in [0.25, 0.3) is 0 Å². The van der Waals surface area contributed by atoms with E-state index in [-0.39, 0.29) is 0 Å². The van der Waals surface area contributed by atoms with E-state index in [9.17, 15) is 0 Å². The van der Waals surface area contributed by atoms with Crippen LogP contribution in [0, 0.1) is 0 Å². The Labute approximate surface area is 36.3 Å². The molecule has 0 aromatic heterocycles. The van der Waals surface area contributed by atoms with Crippen molar-refractivity contribution in [1.82, 2.24) is 0 Å². The second-order valence-corrected chi connectivity index (χ2v) is 1.51. The lowest BCUT2D eigenvalue weighted by atomic mass is 9.55. The molecule has 0 amide bonds. The monoisotopic (exact) mass is 87.1 g/mol. The number of rotatable bonds is 2. The highest BCUT2D eigenvalue weighted by Crippen LogP contribution is 1.64. The molecule has 5 heavy (non-hydrogen) atoms. The zero-order valence-electron chi connectivity index (χ0n) is 3.28. The third-order valence-electron chi connectivity index (χ3n) is 0.408. The van der Waals surface area contributed by atoms with Gasteiger partial charge in [0.25, 0.3) is 0 Å². The Bertz CT molecular complexity index is 17.1. The lowest BCUT2D eigenvalue weighted by Crippen LogP contribution is -2.11. The van der Waals surface area contributed by atoms with Crippen LogP contribution in [0.4, 0.5) is 0 Å². The quantitative estimate of drug-likeness (QED) is 0.321. The number of hydrogen-bond acceptors (Lipinski definition) is 1. The van der Waals surface area contributed by atoms with Crippen LogP contribution in [0.3, 0.4) is 0 Å². The maximum atomic E-state index is 5.13. The smallest absolute Gasteiger partial charge is 0.112 e. The highest BCUT2D eigenvalue weighted by atomic mass is 31.0. The van der Waals surface area contributed by atoms with Crippen molar-refractivity contribution in [3.8, 4) is 0 Å². The highest BCUT2D eigenvalue weighted by Gasteiger charge is 1.76. The first kappa shape index (κ1) is 5.52. The van der Waals surface area contributed by atoms with Crippen LogP contribution in [-0.2, 0) is 0 Å². The molecule has 1 nitrogen and oxygen atoms in total. The summed E-state index contributed by atoms with van der Waals surface area (Å²) in [6.45, 7) is 1.14. The molecule has 1 unspecified atom stereocenters. The van der Waals surface area contributed by atoms with E-state index in [0.717, 1.165) is 20.5 Å². The summed E-state index contributed by atoms with van der Waals surface area (Å²) < 4.78 is 0. The molecule has 0 fully saturated rings. The maximum Gasteiger partial charge on any atom is 0.112 e. The molecule has 0 aromatic rings. The summed E-state index contributed by atoms with van der Waals surface area (Å²) in [6, 6.07) is 0. The van der Waals surface area contributed by atoms with Gasteiger partial charge in [-0.1, -0.05) is 0 Å². The van der Waals surface area contributed by atoms with Crippen molar-refractivity contribution in [2.24, 2.45) is 5.73 Å². The summed E-state index contributed by atoms with van der Waals surface area (Å²) in [7, 11) is 3.75. The standard InChI is InChI=1S/CH8B2NP/c4-1-2-3-5/h2-3H,1,4-5H2. The molecule has 0 rings (SSSR count). The highest BCUT2D eigenvalue weighted by molar-refractivity contribution is 7.67. The van der Waals surface area contributed by atoms with Gasteiger partial charge in [0.2, 0.25) is 0 Å². The topological polar surface area (TPSA) is 26.0 Å². The Kier molecular flexibility index (Phi) is 4.99. The van der Waals surface area contributed by atoms with Crippen LogP contribution < -0.4 is 5.73 Å². The minimum Gasteiger partial charge on any atom is -0.339 e. The van der Waals surface area contributed by atoms with E-state index in [2.05, 4.69) is 9.12 Å². The van der Waals surface area contributed by atoms with E-state index in [0.29, 0.717) is 0 Å². The predicted octanol–water partition coefficient (Wildman–Crippen LogP) is -1.52. The van der Waals surface area contributed by atoms with Gasteiger partial charge in [0.1, 0.15) is 14.1 Å². The summed E-state index contributed by atoms with van der Waals surface area (Å²) in [4.78, 5) is 0. The average Bonchev–Trinajstić information content (AvgIpc) is 1.41. The van der Waals surface area contributed by atoms with Gasteiger partial charge in [0, 0.05) is 0 Å². The summed E-state index contributed by atoms with van der Waals surface area (Å²) in [5.74, 6) is 0. The molecule has 0 aromatic carbocycles. The normalized spacial score (nSPS) is 6.80. The van der Waals surface area contributed by atoms with Crippen molar-refractivity contribution in [3.63, 3.8) is 0 Å². The third kappa shape index (κ3) is 4.52. The molecule has 0 radical (unpaired) electrons. The minimum atomic E-state index is 0.823. The molecule has 28 valence electrons. The first-order chi connectivity index (χ1) is 2.41. The largest absolute Gasteiger partial charge is 0.339 e. The van der Waals surface area contributed by atoms with Gasteiger partial charge in [0.15, 0.2) is 0 Å². The molecule has 0 aliphatic rings. The van der Waals surface area contributed by atoms with Crippen LogP contribution in [0.15, 0.2) is 0 Å². The Morgan fingerprint density at radius 2 is 2.40 bits per heavy atom. The molecule has 0 aliphatic carbocycles. The summed E-state index contributed by atoms with van der Waals surface area (Å²) in [5.41, 5.74) is 5.13. The number of nitrogens with two attached hydrogens (primary N) is 1. The molecule has 0 aliphatic heterocycles. The Morgan fingerprint density at radius 1 is 1.80 bits per heavy atom. The van der Waals surface area contributed by atoms with Crippen molar-refractivity contribution in [1.29, 1.82) is 0 Å². The molecule has 0 saturated heterocycles. The van der Waals surface area contributed by atoms with Gasteiger partial charge in [-0.05, 0) is 6.44 Å². The van der Waals surface area contributed by atoms with E-state index < -0.39 is 0 Å². The Hall–Kier alpha value is 0.520. The van der Waals surface area contributed by atoms with E-state index in [4.69, 9.17) is 5.73 Å². The summed E-state index contributed by atoms with van der Waals surface area (Å²) >= 11 is 0. The third-order valence-corrected chi connectivity index (χ3v) is 0.816. The fourth-order valence-electron chi connectivity index (χ4n) is 0.118. The van der Waals surface area contributed by atoms with E-state index in [1.54, 1.807) is 0 Å². The first-order valence-corrected chi connectivity index (χ1v) is 2.63. The van der Waals surface area contributed by atoms with E-state index in [1.807, 2.05) is 0 Å². The van der Waals surface area contributed by atoms with Gasteiger partial charge < -0.3 is 5.73 Å². The van der Waals surface area contributed by atoms with Crippen molar-refractivity contribution in [2.75, 3.05) is 6.44 Å². The average molecular weight is 86.7 g/mol. The van der Waals surface area contributed by atoms with Crippen LogP contribution in [0.5, 0.6) is 0 Å². The molecule has 0 heterocycles. The zero-order chi connectivity index (χ0) is 4.12. The molecule has 4 heteroatoms. The van der Waals surface area contributed by atoms with Gasteiger partial charge in [-0.2, -0.15) is 9.12 Å². The summed E-state index contributed by atoms with van der Waals surface area (Å²) in [5, 5.41) is 0. The fourth-order valence-corrected chi connectivity index (χ4v) is 0.354. The van der Waals surface area contributed by atoms with Crippen LogP contribution >= 0.6 is 9.12 Å². The zero-order valence-corrected chi connectivity index (χ0v) is 4.43. The predicted molar refractivity (Wildman–Crippen MR) is 33.1 cm³/mol. The molecule has 1 atom stereocenters. The minimum absolute atomic E-state index is 0.823. The van der Waals surface area contributed by atoms with Crippen molar-refractivity contribution < 1.29 is 0 Å². The fraction of sp³-hybridized carbons (Fsp3) is 1.00. The van der Waals surface area contributed by atoms with Crippen LogP contribution in [0.2, 0.25) is 0 Å². The second-order valence-electron chi connectivity index (χ2n) is 0.931. The molecular formula is CH8B2NP. The van der Waals surface area contributed by atoms with Crippen molar-refractivity contribution in [3.05, 3.63) is 0 Å². The summed E-state index contributed by atoms with van der Waals surface area (Å²) in [6.07, 6.45) is 0.823. The number of hydrogen-bond donors (Lipinski definition) is 1. The Balaban J connectivity index is 2.19. The molecule has 0 bridgehead atoms. The van der Waals surface area contributed by atoms with Gasteiger partial charge in [0.05, 0.1) is 0 Å². The van der Waals surface area contributed by atoms with Gasteiger partial charge in [-0.15, -0.1) is 0 Å². The molecular weight excluding hydrogens is 78.6 g/mol. The molecule has 2 N–H and O–H groups in total. The van der Waals surface area contributed by atoms with Gasteiger partial charge in [-0.25, -0.2) is 0 Å². The van der Waals surface area contributed by atoms with E-state index in [1.165, 1.54) is 0 Å². The van der Waals surface area contributed by atoms with Gasteiger partial charge >= 0.3 is 0 Å². The van der Waals surface area contributed by atoms with Crippen molar-refractivity contribution >= 4 is 23.2 Å². The van der Waals surface area contributed by atoms with Crippen LogP contribution in [-0.4, -0.2) is 20.5 Å². The second kappa shape index (κ2) is 4.52. The Morgan fingerprint density at radius 3 is 2.40 bits per heavy atom. The SMILES string of the molecule is NCBBP. The van der Waals surface area contributed by atoms with Gasteiger partial charge in [-0.3, -0.25) is 0 Å². The van der Waals surface area contributed by atoms with Crippen molar-refractivity contribution in [2.45, 2.75) is 0 Å². The molecule has 0 spiro atoms. The van der Waals surface area contributed by atoms with Crippen LogP contribution in [0.1, 0.15) is 0 Å². The molecule has 0 saturated carbocycles.